The summed E-state index contributed by atoms with van der Waals surface area (Å²) in [7, 11) is 4.71. The van der Waals surface area contributed by atoms with Gasteiger partial charge in [0.15, 0.2) is 11.5 Å². The highest BCUT2D eigenvalue weighted by Gasteiger charge is 2.21. The van der Waals surface area contributed by atoms with Gasteiger partial charge in [0.2, 0.25) is 0 Å². The van der Waals surface area contributed by atoms with Crippen molar-refractivity contribution in [2.24, 2.45) is 0 Å². The van der Waals surface area contributed by atoms with Gasteiger partial charge < -0.3 is 19.5 Å². The van der Waals surface area contributed by atoms with E-state index >= 15 is 0 Å². The molecular formula is C25H23N3O4. The van der Waals surface area contributed by atoms with E-state index in [9.17, 15) is 4.79 Å². The second-order valence-electron chi connectivity index (χ2n) is 6.90. The van der Waals surface area contributed by atoms with Gasteiger partial charge in [-0.2, -0.15) is 5.10 Å². The number of nitrogens with zero attached hydrogens (tertiary/aromatic N) is 2. The first-order chi connectivity index (χ1) is 15.6. The average Bonchev–Trinajstić information content (AvgIpc) is 3.30. The van der Waals surface area contributed by atoms with E-state index in [2.05, 4.69) is 5.32 Å². The van der Waals surface area contributed by atoms with E-state index in [1.807, 2.05) is 54.6 Å². The van der Waals surface area contributed by atoms with Crippen LogP contribution in [-0.2, 0) is 0 Å². The monoisotopic (exact) mass is 429 g/mol. The van der Waals surface area contributed by atoms with Crippen LogP contribution >= 0.6 is 0 Å². The number of anilines is 1. The minimum Gasteiger partial charge on any atom is -0.496 e. The van der Waals surface area contributed by atoms with Crippen molar-refractivity contribution in [1.82, 2.24) is 9.78 Å². The zero-order valence-electron chi connectivity index (χ0n) is 18.0. The Morgan fingerprint density at radius 1 is 0.812 bits per heavy atom. The van der Waals surface area contributed by atoms with Crippen molar-refractivity contribution in [3.63, 3.8) is 0 Å². The molecule has 4 rings (SSSR count). The normalized spacial score (nSPS) is 10.5. The number of amides is 1. The summed E-state index contributed by atoms with van der Waals surface area (Å²) in [6.45, 7) is 0. The van der Waals surface area contributed by atoms with Crippen LogP contribution < -0.4 is 19.5 Å². The lowest BCUT2D eigenvalue weighted by molar-refractivity contribution is 0.102. The van der Waals surface area contributed by atoms with E-state index in [0.717, 1.165) is 11.3 Å². The molecule has 0 saturated carbocycles. The molecule has 1 N–H and O–H groups in total. The second-order valence-corrected chi connectivity index (χ2v) is 6.90. The van der Waals surface area contributed by atoms with Crippen LogP contribution in [0.5, 0.6) is 17.2 Å². The van der Waals surface area contributed by atoms with Gasteiger partial charge in [0.25, 0.3) is 5.91 Å². The summed E-state index contributed by atoms with van der Waals surface area (Å²) in [5.74, 6) is 1.43. The first-order valence-electron chi connectivity index (χ1n) is 9.96. The highest BCUT2D eigenvalue weighted by molar-refractivity contribution is 6.08. The number of carbonyl (C=O) groups is 1. The van der Waals surface area contributed by atoms with Crippen molar-refractivity contribution in [3.05, 3.63) is 84.6 Å². The van der Waals surface area contributed by atoms with Crippen LogP contribution in [0.3, 0.4) is 0 Å². The summed E-state index contributed by atoms with van der Waals surface area (Å²) in [6, 6.07) is 22.3. The number of hydrogen-bond acceptors (Lipinski definition) is 5. The molecule has 1 amide bonds. The van der Waals surface area contributed by atoms with Crippen molar-refractivity contribution in [2.75, 3.05) is 26.6 Å². The number of carbonyl (C=O) groups excluding carboxylic acids is 1. The van der Waals surface area contributed by atoms with Crippen molar-refractivity contribution in [3.8, 4) is 34.2 Å². The molecule has 0 aliphatic carbocycles. The van der Waals surface area contributed by atoms with Crippen LogP contribution in [0.1, 0.15) is 10.4 Å². The molecule has 162 valence electrons. The maximum atomic E-state index is 13.3. The molecule has 0 bridgehead atoms. The minimum absolute atomic E-state index is 0.305. The van der Waals surface area contributed by atoms with Crippen LogP contribution in [0, 0.1) is 0 Å². The lowest BCUT2D eigenvalue weighted by atomic mass is 10.1. The molecule has 1 aromatic heterocycles. The van der Waals surface area contributed by atoms with Gasteiger partial charge in [-0.1, -0.05) is 30.3 Å². The fourth-order valence-electron chi connectivity index (χ4n) is 3.40. The van der Waals surface area contributed by atoms with E-state index in [1.54, 1.807) is 50.4 Å². The van der Waals surface area contributed by atoms with Gasteiger partial charge in [-0.3, -0.25) is 4.79 Å². The molecule has 3 aromatic carbocycles. The number of aromatic nitrogens is 2. The predicted molar refractivity (Wildman–Crippen MR) is 123 cm³/mol. The molecule has 1 heterocycles. The lowest BCUT2D eigenvalue weighted by Crippen LogP contribution is -2.12. The van der Waals surface area contributed by atoms with Gasteiger partial charge in [-0.25, -0.2) is 4.68 Å². The van der Waals surface area contributed by atoms with E-state index in [-0.39, 0.29) is 5.91 Å². The molecule has 0 unspecified atom stereocenters. The molecule has 0 fully saturated rings. The van der Waals surface area contributed by atoms with Gasteiger partial charge in [0.1, 0.15) is 11.4 Å². The third kappa shape index (κ3) is 4.13. The van der Waals surface area contributed by atoms with Gasteiger partial charge >= 0.3 is 0 Å². The van der Waals surface area contributed by atoms with Gasteiger partial charge in [-0.15, -0.1) is 0 Å². The number of methoxy groups -OCH3 is 3. The van der Waals surface area contributed by atoms with Crippen LogP contribution in [-0.4, -0.2) is 37.0 Å². The molecule has 7 nitrogen and oxygen atoms in total. The first kappa shape index (κ1) is 21.0. The predicted octanol–water partition coefficient (Wildman–Crippen LogP) is 4.82. The number of benzene rings is 3. The van der Waals surface area contributed by atoms with Gasteiger partial charge in [0, 0.05) is 23.5 Å². The highest BCUT2D eigenvalue weighted by atomic mass is 16.5. The zero-order valence-corrected chi connectivity index (χ0v) is 18.0. The van der Waals surface area contributed by atoms with Crippen molar-refractivity contribution in [1.29, 1.82) is 0 Å². The maximum Gasteiger partial charge on any atom is 0.259 e. The fraction of sp³-hybridized carbons (Fsp3) is 0.120. The first-order valence-corrected chi connectivity index (χ1v) is 9.96. The number of nitrogens with one attached hydrogen (secondary N) is 1. The summed E-state index contributed by atoms with van der Waals surface area (Å²) in [5, 5.41) is 7.64. The highest BCUT2D eigenvalue weighted by Crippen LogP contribution is 2.33. The fourth-order valence-corrected chi connectivity index (χ4v) is 3.40. The van der Waals surface area contributed by atoms with Gasteiger partial charge in [-0.05, 0) is 36.4 Å². The zero-order chi connectivity index (χ0) is 22.5. The third-order valence-electron chi connectivity index (χ3n) is 4.98. The van der Waals surface area contributed by atoms with E-state index < -0.39 is 0 Å². The Bertz CT molecular complexity index is 1240. The Morgan fingerprint density at radius 2 is 1.50 bits per heavy atom. The van der Waals surface area contributed by atoms with E-state index in [1.165, 1.54) is 0 Å². The van der Waals surface area contributed by atoms with Crippen LogP contribution in [0.2, 0.25) is 0 Å². The Balaban J connectivity index is 1.77. The molecule has 7 heteroatoms. The quantitative estimate of drug-likeness (QED) is 0.456. The van der Waals surface area contributed by atoms with Crippen LogP contribution in [0.15, 0.2) is 79.0 Å². The van der Waals surface area contributed by atoms with Crippen molar-refractivity contribution in [2.45, 2.75) is 0 Å². The second kappa shape index (κ2) is 9.26. The van der Waals surface area contributed by atoms with Crippen molar-refractivity contribution < 1.29 is 19.0 Å². The molecule has 0 aliphatic rings. The van der Waals surface area contributed by atoms with Crippen LogP contribution in [0.25, 0.3) is 16.9 Å². The van der Waals surface area contributed by atoms with Crippen LogP contribution in [0.4, 0.5) is 5.69 Å². The molecular weight excluding hydrogens is 406 g/mol. The molecule has 4 aromatic rings. The smallest absolute Gasteiger partial charge is 0.259 e. The number of ether oxygens (including phenoxy) is 3. The number of para-hydroxylation sites is 2. The Hall–Kier alpha value is -4.26. The summed E-state index contributed by atoms with van der Waals surface area (Å²) in [6.07, 6.45) is 1.72. The molecule has 0 spiro atoms. The summed E-state index contributed by atoms with van der Waals surface area (Å²) in [4.78, 5) is 13.3. The van der Waals surface area contributed by atoms with Crippen molar-refractivity contribution >= 4 is 11.6 Å². The summed E-state index contributed by atoms with van der Waals surface area (Å²) in [5.41, 5.74) is 3.07. The Kier molecular flexibility index (Phi) is 6.07. The minimum atomic E-state index is -0.305. The SMILES string of the molecule is COc1ccc(NC(=O)c2cn(-c3ccccc3)nc2-c2ccccc2OC)cc1OC. The average molecular weight is 429 g/mol. The standard InChI is InChI=1S/C25H23N3O4/c1-30-21-12-8-7-11-19(21)24-20(16-28(27-24)18-9-5-4-6-10-18)25(29)26-17-13-14-22(31-2)23(15-17)32-3/h4-16H,1-3H3,(H,26,29). The molecule has 0 atom stereocenters. The Labute approximate surface area is 186 Å². The Morgan fingerprint density at radius 3 is 2.22 bits per heavy atom. The molecule has 0 saturated heterocycles. The number of hydrogen-bond donors (Lipinski definition) is 1. The van der Waals surface area contributed by atoms with E-state index in [4.69, 9.17) is 19.3 Å². The topological polar surface area (TPSA) is 74.6 Å². The summed E-state index contributed by atoms with van der Waals surface area (Å²) >= 11 is 0. The molecule has 0 aliphatic heterocycles. The van der Waals surface area contributed by atoms with E-state index in [0.29, 0.717) is 34.2 Å². The van der Waals surface area contributed by atoms with Gasteiger partial charge in [0.05, 0.1) is 32.6 Å². The largest absolute Gasteiger partial charge is 0.496 e. The number of rotatable bonds is 7. The molecule has 32 heavy (non-hydrogen) atoms. The lowest BCUT2D eigenvalue weighted by Gasteiger charge is -2.11. The third-order valence-corrected chi connectivity index (χ3v) is 4.98. The molecule has 0 radical (unpaired) electrons. The maximum absolute atomic E-state index is 13.3. The summed E-state index contributed by atoms with van der Waals surface area (Å²) < 4.78 is 17.8.